The zero-order valence-corrected chi connectivity index (χ0v) is 21.9. The van der Waals surface area contributed by atoms with Crippen molar-refractivity contribution in [3.8, 4) is 0 Å². The van der Waals surface area contributed by atoms with E-state index in [1.165, 1.54) is 0 Å². The SMILES string of the molecule is CC1(C)[C@@H](O[C@@H]2O[C@H](CO)[C@@H](O)[C@H](O)[C@H]2O)[C@@H](O)[C@@H]2[C@@](C)(O)[C@@H]3CC[C@@H]4C[C@@]3(C[C@@H](O)[C@@]21O)C[C@@]4(C)O. The first kappa shape index (κ1) is 28.1. The predicted molar refractivity (Wildman–Crippen MR) is 127 cm³/mol. The summed E-state index contributed by atoms with van der Waals surface area (Å²) in [7, 11) is 0. The van der Waals surface area contributed by atoms with Gasteiger partial charge in [0.25, 0.3) is 0 Å². The fraction of sp³-hybridized carbons (Fsp3) is 1.00. The molecule has 0 radical (unpaired) electrons. The summed E-state index contributed by atoms with van der Waals surface area (Å²) in [6, 6.07) is 0. The number of hydrogen-bond donors (Lipinski definition) is 9. The standard InChI is InChI=1S/C26H44O11/c1-22(2)20(37-21-17(31)16(30)15(29)12(9-27)36-21)18(32)19-24(4,34)13-6-5-11-7-25(13,10-23(11,3)33)8-14(28)26(19,22)35/h11-21,27-35H,5-10H2,1-4H3/t11-,12-,13+,14-,15-,16+,17-,18+,19-,20+,21+,23-,24+,25-,26-/m1/s1. The second-order valence-electron chi connectivity index (χ2n) is 13.6. The van der Waals surface area contributed by atoms with Crippen LogP contribution in [0.4, 0.5) is 0 Å². The molecule has 1 spiro atoms. The predicted octanol–water partition coefficient (Wildman–Crippen LogP) is -2.01. The summed E-state index contributed by atoms with van der Waals surface area (Å²) in [5, 5.41) is 99.3. The fourth-order valence-corrected chi connectivity index (χ4v) is 9.45. The molecule has 0 aromatic carbocycles. The molecule has 5 aliphatic rings. The van der Waals surface area contributed by atoms with Crippen molar-refractivity contribution in [2.24, 2.45) is 28.6 Å². The van der Waals surface area contributed by atoms with E-state index in [0.29, 0.717) is 25.7 Å². The van der Waals surface area contributed by atoms with Gasteiger partial charge in [-0.25, -0.2) is 0 Å². The molecule has 1 saturated heterocycles. The molecule has 1 aliphatic heterocycles. The molecule has 15 atom stereocenters. The minimum absolute atomic E-state index is 0.0273. The Morgan fingerprint density at radius 1 is 0.838 bits per heavy atom. The van der Waals surface area contributed by atoms with E-state index in [-0.39, 0.29) is 12.3 Å². The number of hydrogen-bond acceptors (Lipinski definition) is 11. The summed E-state index contributed by atoms with van der Waals surface area (Å²) in [6.45, 7) is 5.92. The third-order valence-electron chi connectivity index (χ3n) is 11.2. The largest absolute Gasteiger partial charge is 0.394 e. The van der Waals surface area contributed by atoms with Gasteiger partial charge in [0.15, 0.2) is 6.29 Å². The van der Waals surface area contributed by atoms with Crippen LogP contribution in [0, 0.1) is 28.6 Å². The Morgan fingerprint density at radius 2 is 1.49 bits per heavy atom. The summed E-state index contributed by atoms with van der Waals surface area (Å²) in [5.41, 5.74) is -6.62. The summed E-state index contributed by atoms with van der Waals surface area (Å²) in [6.07, 6.45) is -9.54. The maximum atomic E-state index is 12.3. The van der Waals surface area contributed by atoms with E-state index in [2.05, 4.69) is 0 Å². The summed E-state index contributed by atoms with van der Waals surface area (Å²) in [5.74, 6) is -1.62. The number of fused-ring (bicyclic) bond motifs is 2. The van der Waals surface area contributed by atoms with Gasteiger partial charge in [-0.1, -0.05) is 13.8 Å². The average Bonchev–Trinajstić information content (AvgIpc) is 3.06. The van der Waals surface area contributed by atoms with Gasteiger partial charge in [-0.3, -0.25) is 0 Å². The lowest BCUT2D eigenvalue weighted by atomic mass is 9.58. The van der Waals surface area contributed by atoms with Gasteiger partial charge >= 0.3 is 0 Å². The van der Waals surface area contributed by atoms with Crippen molar-refractivity contribution in [2.45, 2.75) is 126 Å². The van der Waals surface area contributed by atoms with Crippen LogP contribution in [0.5, 0.6) is 0 Å². The molecule has 0 amide bonds. The lowest BCUT2D eigenvalue weighted by molar-refractivity contribution is -0.325. The Morgan fingerprint density at radius 3 is 2.11 bits per heavy atom. The second-order valence-corrected chi connectivity index (χ2v) is 13.6. The van der Waals surface area contributed by atoms with E-state index < -0.39 is 95.1 Å². The van der Waals surface area contributed by atoms with Gasteiger partial charge in [-0.05, 0) is 63.2 Å². The quantitative estimate of drug-likeness (QED) is 0.194. The number of ether oxygens (including phenoxy) is 2. The topological polar surface area (TPSA) is 201 Å². The molecule has 11 heteroatoms. The van der Waals surface area contributed by atoms with Gasteiger partial charge in [0.1, 0.15) is 30.0 Å². The molecule has 0 aromatic heterocycles. The minimum Gasteiger partial charge on any atom is -0.394 e. The van der Waals surface area contributed by atoms with Crippen LogP contribution in [0.1, 0.15) is 59.8 Å². The molecule has 11 nitrogen and oxygen atoms in total. The molecule has 5 fully saturated rings. The van der Waals surface area contributed by atoms with Crippen molar-refractivity contribution < 1.29 is 55.4 Å². The van der Waals surface area contributed by atoms with E-state index in [1.54, 1.807) is 27.7 Å². The van der Waals surface area contributed by atoms with Crippen LogP contribution in [0.3, 0.4) is 0 Å². The van der Waals surface area contributed by atoms with Crippen LogP contribution in [0.25, 0.3) is 0 Å². The molecule has 2 bridgehead atoms. The van der Waals surface area contributed by atoms with Gasteiger partial charge in [0.2, 0.25) is 0 Å². The zero-order chi connectivity index (χ0) is 27.5. The van der Waals surface area contributed by atoms with E-state index in [1.807, 2.05) is 0 Å². The monoisotopic (exact) mass is 532 g/mol. The molecule has 4 saturated carbocycles. The van der Waals surface area contributed by atoms with Crippen LogP contribution < -0.4 is 0 Å². The lowest BCUT2D eigenvalue weighted by Crippen LogP contribution is -2.62. The van der Waals surface area contributed by atoms with Crippen molar-refractivity contribution in [3.63, 3.8) is 0 Å². The van der Waals surface area contributed by atoms with Crippen LogP contribution in [0.2, 0.25) is 0 Å². The Balaban J connectivity index is 1.52. The molecule has 0 unspecified atom stereocenters. The highest BCUT2D eigenvalue weighted by Gasteiger charge is 2.77. The molecule has 1 heterocycles. The van der Waals surface area contributed by atoms with Crippen LogP contribution in [-0.2, 0) is 9.47 Å². The number of aliphatic hydroxyl groups excluding tert-OH is 6. The van der Waals surface area contributed by atoms with Crippen molar-refractivity contribution >= 4 is 0 Å². The van der Waals surface area contributed by atoms with E-state index in [9.17, 15) is 46.0 Å². The summed E-state index contributed by atoms with van der Waals surface area (Å²) >= 11 is 0. The van der Waals surface area contributed by atoms with E-state index in [4.69, 9.17) is 9.47 Å². The smallest absolute Gasteiger partial charge is 0.187 e. The zero-order valence-electron chi connectivity index (χ0n) is 21.9. The molecule has 214 valence electrons. The first-order valence-electron chi connectivity index (χ1n) is 13.4. The highest BCUT2D eigenvalue weighted by Crippen LogP contribution is 2.70. The van der Waals surface area contributed by atoms with E-state index in [0.717, 1.165) is 0 Å². The third kappa shape index (κ3) is 3.59. The van der Waals surface area contributed by atoms with Crippen LogP contribution in [0.15, 0.2) is 0 Å². The van der Waals surface area contributed by atoms with Gasteiger partial charge < -0.3 is 55.4 Å². The van der Waals surface area contributed by atoms with Gasteiger partial charge in [-0.2, -0.15) is 0 Å². The highest BCUT2D eigenvalue weighted by molar-refractivity contribution is 5.26. The maximum Gasteiger partial charge on any atom is 0.187 e. The number of aliphatic hydroxyl groups is 9. The molecular weight excluding hydrogens is 488 g/mol. The number of rotatable bonds is 3. The minimum atomic E-state index is -2.02. The summed E-state index contributed by atoms with van der Waals surface area (Å²) in [4.78, 5) is 0. The Bertz CT molecular complexity index is 892. The maximum absolute atomic E-state index is 12.3. The molecule has 9 N–H and O–H groups in total. The Kier molecular flexibility index (Phi) is 6.48. The third-order valence-corrected chi connectivity index (χ3v) is 11.2. The molecule has 5 rings (SSSR count). The van der Waals surface area contributed by atoms with Crippen molar-refractivity contribution in [2.75, 3.05) is 6.61 Å². The van der Waals surface area contributed by atoms with Gasteiger partial charge in [0.05, 0.1) is 36.1 Å². The van der Waals surface area contributed by atoms with Crippen molar-refractivity contribution in [1.29, 1.82) is 0 Å². The first-order valence-corrected chi connectivity index (χ1v) is 13.4. The molecule has 37 heavy (non-hydrogen) atoms. The lowest BCUT2D eigenvalue weighted by Gasteiger charge is -2.50. The van der Waals surface area contributed by atoms with Crippen molar-refractivity contribution in [3.05, 3.63) is 0 Å². The normalized spacial score (nSPS) is 61.1. The second kappa shape index (κ2) is 8.53. The van der Waals surface area contributed by atoms with Gasteiger partial charge in [0, 0.05) is 11.3 Å². The molecule has 0 aromatic rings. The Labute approximate surface area is 216 Å². The fourth-order valence-electron chi connectivity index (χ4n) is 9.45. The van der Waals surface area contributed by atoms with Gasteiger partial charge in [-0.15, -0.1) is 0 Å². The highest BCUT2D eigenvalue weighted by atomic mass is 16.7. The van der Waals surface area contributed by atoms with Crippen LogP contribution >= 0.6 is 0 Å². The molecule has 4 aliphatic carbocycles. The molecular formula is C26H44O11. The van der Waals surface area contributed by atoms with E-state index >= 15 is 0 Å². The average molecular weight is 533 g/mol. The first-order chi connectivity index (χ1) is 17.0. The summed E-state index contributed by atoms with van der Waals surface area (Å²) < 4.78 is 11.5. The van der Waals surface area contributed by atoms with Crippen LogP contribution in [-0.4, -0.2) is 118 Å². The Hall–Kier alpha value is -0.440. The van der Waals surface area contributed by atoms with Crippen molar-refractivity contribution in [1.82, 2.24) is 0 Å².